The number of rotatable bonds is 3. The average molecular weight is 378 g/mol. The highest BCUT2D eigenvalue weighted by molar-refractivity contribution is 7.22. The topological polar surface area (TPSA) is 86.5 Å². The second kappa shape index (κ2) is 5.68. The summed E-state index contributed by atoms with van der Waals surface area (Å²) < 4.78 is 35.4. The molecule has 1 aromatic carbocycles. The fourth-order valence-corrected chi connectivity index (χ4v) is 3.61. The summed E-state index contributed by atoms with van der Waals surface area (Å²) in [6.07, 6.45) is -0.675. The molecule has 0 atom stereocenters. The lowest BCUT2D eigenvalue weighted by atomic mass is 9.75. The lowest BCUT2D eigenvalue weighted by Crippen LogP contribution is -2.48. The van der Waals surface area contributed by atoms with Crippen LogP contribution in [0.2, 0.25) is 0 Å². The molecule has 1 aliphatic carbocycles. The number of amides is 1. The number of carbonyl (C=O) groups is 1. The zero-order chi connectivity index (χ0) is 16.2. The molecule has 2 aromatic rings. The number of benzene rings is 1. The van der Waals surface area contributed by atoms with Crippen LogP contribution in [-0.4, -0.2) is 22.7 Å². The molecule has 1 fully saturated rings. The number of aromatic nitrogens is 1. The second-order valence-electron chi connectivity index (χ2n) is 5.89. The number of anilines is 1. The Morgan fingerprint density at radius 3 is 2.62 bits per heavy atom. The summed E-state index contributed by atoms with van der Waals surface area (Å²) in [6.45, 7) is 0. The molecule has 1 amide bonds. The SMILES string of the molecule is Cl.NC1(CC(=O)Nc2nc3cc4c(cc3s2)OC(F)(F)O4)CCC1. The summed E-state index contributed by atoms with van der Waals surface area (Å²) in [7, 11) is 0. The zero-order valence-electron chi connectivity index (χ0n) is 12.3. The number of halogens is 3. The van der Waals surface area contributed by atoms with E-state index < -0.39 is 11.8 Å². The molecule has 10 heteroatoms. The van der Waals surface area contributed by atoms with Crippen molar-refractivity contribution in [3.8, 4) is 11.5 Å². The minimum Gasteiger partial charge on any atom is -0.395 e. The summed E-state index contributed by atoms with van der Waals surface area (Å²) in [5.41, 5.74) is 6.09. The molecule has 0 bridgehead atoms. The number of nitrogens with zero attached hydrogens (tertiary/aromatic N) is 1. The van der Waals surface area contributed by atoms with Crippen molar-refractivity contribution in [2.75, 3.05) is 5.32 Å². The third kappa shape index (κ3) is 3.11. The smallest absolute Gasteiger partial charge is 0.395 e. The molecule has 4 rings (SSSR count). The summed E-state index contributed by atoms with van der Waals surface area (Å²) in [5, 5.41) is 3.10. The number of ether oxygens (including phenoxy) is 2. The van der Waals surface area contributed by atoms with Crippen LogP contribution < -0.4 is 20.5 Å². The van der Waals surface area contributed by atoms with Crippen molar-refractivity contribution < 1.29 is 23.0 Å². The van der Waals surface area contributed by atoms with Crippen LogP contribution in [0.3, 0.4) is 0 Å². The number of thiazole rings is 1. The number of hydrogen-bond donors (Lipinski definition) is 2. The van der Waals surface area contributed by atoms with Crippen molar-refractivity contribution in [3.05, 3.63) is 12.1 Å². The van der Waals surface area contributed by atoms with Crippen LogP contribution in [0.4, 0.5) is 13.9 Å². The van der Waals surface area contributed by atoms with Gasteiger partial charge in [-0.05, 0) is 19.3 Å². The molecule has 1 aromatic heterocycles. The predicted molar refractivity (Wildman–Crippen MR) is 87.1 cm³/mol. The molecule has 0 saturated heterocycles. The van der Waals surface area contributed by atoms with Crippen molar-refractivity contribution in [1.82, 2.24) is 4.98 Å². The molecule has 3 N–H and O–H groups in total. The summed E-state index contributed by atoms with van der Waals surface area (Å²) in [4.78, 5) is 16.2. The maximum atomic E-state index is 13.0. The largest absolute Gasteiger partial charge is 0.586 e. The van der Waals surface area contributed by atoms with Gasteiger partial charge in [-0.25, -0.2) is 4.98 Å². The highest BCUT2D eigenvalue weighted by Crippen LogP contribution is 2.44. The zero-order valence-corrected chi connectivity index (χ0v) is 13.9. The van der Waals surface area contributed by atoms with Gasteiger partial charge < -0.3 is 20.5 Å². The van der Waals surface area contributed by atoms with Gasteiger partial charge in [-0.15, -0.1) is 21.2 Å². The normalized spacial score (nSPS) is 19.5. The van der Waals surface area contributed by atoms with Gasteiger partial charge in [0.2, 0.25) is 5.91 Å². The fraction of sp³-hybridized carbons (Fsp3) is 0.429. The third-order valence-corrected chi connectivity index (χ3v) is 4.95. The average Bonchev–Trinajstić information content (AvgIpc) is 2.90. The Balaban J connectivity index is 0.00000169. The van der Waals surface area contributed by atoms with Gasteiger partial charge in [-0.2, -0.15) is 0 Å². The minimum absolute atomic E-state index is 0. The van der Waals surface area contributed by atoms with E-state index in [1.807, 2.05) is 0 Å². The molecule has 6 nitrogen and oxygen atoms in total. The molecule has 130 valence electrons. The van der Waals surface area contributed by atoms with Crippen molar-refractivity contribution >= 4 is 45.0 Å². The monoisotopic (exact) mass is 377 g/mol. The molecule has 1 aliphatic heterocycles. The lowest BCUT2D eigenvalue weighted by molar-refractivity contribution is -0.286. The number of carbonyl (C=O) groups excluding carboxylic acids is 1. The van der Waals surface area contributed by atoms with E-state index in [0.717, 1.165) is 19.3 Å². The van der Waals surface area contributed by atoms with Gasteiger partial charge in [0.15, 0.2) is 16.6 Å². The molecular formula is C14H14ClF2N3O3S. The third-order valence-electron chi connectivity index (χ3n) is 4.02. The van der Waals surface area contributed by atoms with E-state index in [1.54, 1.807) is 0 Å². The highest BCUT2D eigenvalue weighted by atomic mass is 35.5. The molecule has 1 saturated carbocycles. The fourth-order valence-electron chi connectivity index (χ4n) is 2.72. The predicted octanol–water partition coefficient (Wildman–Crippen LogP) is 3.25. The summed E-state index contributed by atoms with van der Waals surface area (Å²) in [6, 6.07) is 2.79. The molecule has 0 radical (unpaired) electrons. The van der Waals surface area contributed by atoms with Gasteiger partial charge in [-0.3, -0.25) is 4.79 Å². The first-order chi connectivity index (χ1) is 10.8. The minimum atomic E-state index is -3.65. The Morgan fingerprint density at radius 1 is 1.33 bits per heavy atom. The van der Waals surface area contributed by atoms with Gasteiger partial charge in [0.25, 0.3) is 0 Å². The Hall–Kier alpha value is -1.71. The standard InChI is InChI=1S/C14H13F2N3O3S.ClH/c15-14(16)21-8-4-7-10(5-9(8)22-14)23-12(18-7)19-11(20)6-13(17)2-1-3-13;/h4-5H,1-3,6,17H2,(H,18,19,20);1H. The molecule has 2 aliphatic rings. The van der Waals surface area contributed by atoms with Gasteiger partial charge in [0, 0.05) is 24.1 Å². The van der Waals surface area contributed by atoms with Crippen molar-refractivity contribution in [2.45, 2.75) is 37.5 Å². The van der Waals surface area contributed by atoms with E-state index in [4.69, 9.17) is 5.73 Å². The molecule has 0 unspecified atom stereocenters. The van der Waals surface area contributed by atoms with Crippen LogP contribution in [-0.2, 0) is 4.79 Å². The molecule has 24 heavy (non-hydrogen) atoms. The first-order valence-electron chi connectivity index (χ1n) is 7.11. The Kier molecular flexibility index (Phi) is 4.05. The van der Waals surface area contributed by atoms with Gasteiger partial charge >= 0.3 is 6.29 Å². The van der Waals surface area contributed by atoms with E-state index in [1.165, 1.54) is 23.5 Å². The number of nitrogens with two attached hydrogens (primary N) is 1. The first-order valence-corrected chi connectivity index (χ1v) is 7.93. The van der Waals surface area contributed by atoms with Gasteiger partial charge in [-0.1, -0.05) is 11.3 Å². The van der Waals surface area contributed by atoms with E-state index in [-0.39, 0.29) is 36.2 Å². The van der Waals surface area contributed by atoms with Crippen molar-refractivity contribution in [2.24, 2.45) is 5.73 Å². The van der Waals surface area contributed by atoms with Crippen LogP contribution in [0.5, 0.6) is 11.5 Å². The van der Waals surface area contributed by atoms with Crippen LogP contribution in [0.25, 0.3) is 10.2 Å². The van der Waals surface area contributed by atoms with E-state index in [0.29, 0.717) is 15.3 Å². The van der Waals surface area contributed by atoms with Crippen LogP contribution in [0.15, 0.2) is 12.1 Å². The van der Waals surface area contributed by atoms with E-state index in [9.17, 15) is 13.6 Å². The first kappa shape index (κ1) is 17.1. The summed E-state index contributed by atoms with van der Waals surface area (Å²) in [5.74, 6) is -0.307. The Morgan fingerprint density at radius 2 is 2.00 bits per heavy atom. The molecule has 0 spiro atoms. The number of fused-ring (bicyclic) bond motifs is 2. The number of alkyl halides is 2. The van der Waals surface area contributed by atoms with Crippen LogP contribution >= 0.6 is 23.7 Å². The summed E-state index contributed by atoms with van der Waals surface area (Å²) >= 11 is 1.18. The second-order valence-corrected chi connectivity index (χ2v) is 6.92. The Bertz CT molecular complexity index is 765. The van der Waals surface area contributed by atoms with Crippen LogP contribution in [0.1, 0.15) is 25.7 Å². The maximum Gasteiger partial charge on any atom is 0.586 e. The maximum absolute atomic E-state index is 13.0. The van der Waals surface area contributed by atoms with E-state index >= 15 is 0 Å². The molecular weight excluding hydrogens is 364 g/mol. The number of hydrogen-bond acceptors (Lipinski definition) is 6. The number of nitrogens with one attached hydrogen (secondary N) is 1. The van der Waals surface area contributed by atoms with Crippen molar-refractivity contribution in [3.63, 3.8) is 0 Å². The lowest BCUT2D eigenvalue weighted by Gasteiger charge is -2.37. The van der Waals surface area contributed by atoms with Crippen LogP contribution in [0, 0.1) is 0 Å². The van der Waals surface area contributed by atoms with Crippen molar-refractivity contribution in [1.29, 1.82) is 0 Å². The highest BCUT2D eigenvalue weighted by Gasteiger charge is 2.43. The van der Waals surface area contributed by atoms with E-state index in [2.05, 4.69) is 19.8 Å². The molecule has 2 heterocycles. The van der Waals surface area contributed by atoms with Gasteiger partial charge in [0.1, 0.15) is 0 Å². The quantitative estimate of drug-likeness (QED) is 0.857. The Labute approximate surface area is 145 Å². The van der Waals surface area contributed by atoms with Gasteiger partial charge in [0.05, 0.1) is 10.2 Å².